The molecule has 1 aliphatic heterocycles. The fraction of sp³-hybridized carbons (Fsp3) is 0.438. The molecule has 1 N–H and O–H groups in total. The molecule has 1 amide bonds. The van der Waals surface area contributed by atoms with Crippen LogP contribution in [0.3, 0.4) is 0 Å². The molecule has 2 aromatic rings. The SMILES string of the molecule is Cn1ccnc1C(NC(=O)c1ccc(Cl)cn1)C1CCOCC1. The van der Waals surface area contributed by atoms with Gasteiger partial charge in [-0.25, -0.2) is 9.97 Å². The van der Waals surface area contributed by atoms with Crippen molar-refractivity contribution >= 4 is 17.5 Å². The van der Waals surface area contributed by atoms with Gasteiger partial charge in [0, 0.05) is 38.9 Å². The van der Waals surface area contributed by atoms with Crippen LogP contribution in [-0.4, -0.2) is 33.7 Å². The number of rotatable bonds is 4. The topological polar surface area (TPSA) is 69.0 Å². The standard InChI is InChI=1S/C16H19ClN4O2/c1-21-7-6-18-15(21)14(11-4-8-23-9-5-11)20-16(22)13-3-2-12(17)10-19-13/h2-3,6-7,10-11,14H,4-5,8-9H2,1H3,(H,20,22). The van der Waals surface area contributed by atoms with E-state index in [1.807, 2.05) is 17.8 Å². The number of carbonyl (C=O) groups excluding carboxylic acids is 1. The summed E-state index contributed by atoms with van der Waals surface area (Å²) < 4.78 is 7.37. The van der Waals surface area contributed by atoms with E-state index < -0.39 is 0 Å². The maximum Gasteiger partial charge on any atom is 0.270 e. The van der Waals surface area contributed by atoms with Crippen LogP contribution in [0.1, 0.15) is 35.2 Å². The van der Waals surface area contributed by atoms with E-state index >= 15 is 0 Å². The monoisotopic (exact) mass is 334 g/mol. The molecule has 1 aliphatic rings. The van der Waals surface area contributed by atoms with Crippen molar-refractivity contribution < 1.29 is 9.53 Å². The number of nitrogens with one attached hydrogen (secondary N) is 1. The highest BCUT2D eigenvalue weighted by molar-refractivity contribution is 6.30. The first-order valence-electron chi connectivity index (χ1n) is 7.62. The molecule has 122 valence electrons. The van der Waals surface area contributed by atoms with Crippen LogP contribution in [0.5, 0.6) is 0 Å². The Labute approximate surface area is 139 Å². The lowest BCUT2D eigenvalue weighted by Gasteiger charge is -2.30. The summed E-state index contributed by atoms with van der Waals surface area (Å²) in [5, 5.41) is 3.59. The Kier molecular flexibility index (Phi) is 4.93. The second kappa shape index (κ2) is 7.10. The molecule has 7 heteroatoms. The lowest BCUT2D eigenvalue weighted by molar-refractivity contribution is 0.0498. The molecule has 0 radical (unpaired) electrons. The molecule has 0 aromatic carbocycles. The number of ether oxygens (including phenoxy) is 1. The Morgan fingerprint density at radius 2 is 2.17 bits per heavy atom. The molecular weight excluding hydrogens is 316 g/mol. The average Bonchev–Trinajstić information content (AvgIpc) is 2.99. The second-order valence-corrected chi connectivity index (χ2v) is 6.10. The number of halogens is 1. The number of aromatic nitrogens is 3. The highest BCUT2D eigenvalue weighted by atomic mass is 35.5. The molecule has 0 saturated carbocycles. The van der Waals surface area contributed by atoms with E-state index in [2.05, 4.69) is 15.3 Å². The van der Waals surface area contributed by atoms with Gasteiger partial charge < -0.3 is 14.6 Å². The van der Waals surface area contributed by atoms with E-state index in [0.717, 1.165) is 18.7 Å². The lowest BCUT2D eigenvalue weighted by Crippen LogP contribution is -2.37. The first-order valence-corrected chi connectivity index (χ1v) is 8.00. The zero-order valence-electron chi connectivity index (χ0n) is 12.9. The van der Waals surface area contributed by atoms with Gasteiger partial charge in [0.25, 0.3) is 5.91 Å². The van der Waals surface area contributed by atoms with Crippen molar-refractivity contribution in [2.75, 3.05) is 13.2 Å². The minimum atomic E-state index is -0.221. The van der Waals surface area contributed by atoms with Gasteiger partial charge >= 0.3 is 0 Å². The fourth-order valence-electron chi connectivity index (χ4n) is 2.84. The van der Waals surface area contributed by atoms with Crippen molar-refractivity contribution in [2.24, 2.45) is 13.0 Å². The van der Waals surface area contributed by atoms with Crippen LogP contribution < -0.4 is 5.32 Å². The van der Waals surface area contributed by atoms with Crippen molar-refractivity contribution in [1.82, 2.24) is 19.9 Å². The van der Waals surface area contributed by atoms with Crippen molar-refractivity contribution in [1.29, 1.82) is 0 Å². The summed E-state index contributed by atoms with van der Waals surface area (Å²) in [4.78, 5) is 21.0. The first kappa shape index (κ1) is 16.0. The van der Waals surface area contributed by atoms with Crippen LogP contribution in [0.15, 0.2) is 30.7 Å². The molecule has 2 aromatic heterocycles. The molecule has 0 spiro atoms. The number of imidazole rings is 1. The average molecular weight is 335 g/mol. The van der Waals surface area contributed by atoms with Crippen LogP contribution in [0.2, 0.25) is 5.02 Å². The van der Waals surface area contributed by atoms with Crippen molar-refractivity contribution in [2.45, 2.75) is 18.9 Å². The van der Waals surface area contributed by atoms with E-state index in [1.54, 1.807) is 18.3 Å². The van der Waals surface area contributed by atoms with E-state index in [4.69, 9.17) is 16.3 Å². The molecule has 1 saturated heterocycles. The summed E-state index contributed by atoms with van der Waals surface area (Å²) >= 11 is 5.82. The minimum absolute atomic E-state index is 0.163. The Morgan fingerprint density at radius 3 is 2.78 bits per heavy atom. The zero-order chi connectivity index (χ0) is 16.2. The molecule has 1 atom stereocenters. The van der Waals surface area contributed by atoms with Gasteiger partial charge in [0.05, 0.1) is 11.1 Å². The maximum absolute atomic E-state index is 12.5. The number of aryl methyl sites for hydroxylation is 1. The molecule has 1 unspecified atom stereocenters. The van der Waals surface area contributed by atoms with E-state index in [1.165, 1.54) is 6.20 Å². The van der Waals surface area contributed by atoms with Crippen molar-refractivity contribution in [3.05, 3.63) is 47.3 Å². The predicted molar refractivity (Wildman–Crippen MR) is 86.2 cm³/mol. The van der Waals surface area contributed by atoms with Crippen LogP contribution >= 0.6 is 11.6 Å². The molecular formula is C16H19ClN4O2. The number of hydrogen-bond acceptors (Lipinski definition) is 4. The van der Waals surface area contributed by atoms with Gasteiger partial charge in [-0.05, 0) is 30.9 Å². The third kappa shape index (κ3) is 3.71. The van der Waals surface area contributed by atoms with Gasteiger partial charge in [0.15, 0.2) is 0 Å². The number of amides is 1. The summed E-state index contributed by atoms with van der Waals surface area (Å²) in [5.41, 5.74) is 0.348. The predicted octanol–water partition coefficient (Wildman–Crippen LogP) is 2.37. The largest absolute Gasteiger partial charge is 0.381 e. The van der Waals surface area contributed by atoms with Gasteiger partial charge in [0.1, 0.15) is 11.5 Å². The van der Waals surface area contributed by atoms with Crippen molar-refractivity contribution in [3.63, 3.8) is 0 Å². The molecule has 0 bridgehead atoms. The van der Waals surface area contributed by atoms with Crippen molar-refractivity contribution in [3.8, 4) is 0 Å². The van der Waals surface area contributed by atoms with Gasteiger partial charge in [0.2, 0.25) is 0 Å². The number of hydrogen-bond donors (Lipinski definition) is 1. The Balaban J connectivity index is 1.82. The molecule has 6 nitrogen and oxygen atoms in total. The van der Waals surface area contributed by atoms with E-state index in [9.17, 15) is 4.79 Å². The van der Waals surface area contributed by atoms with Crippen LogP contribution in [0, 0.1) is 5.92 Å². The summed E-state index contributed by atoms with van der Waals surface area (Å²) in [6, 6.07) is 3.12. The molecule has 3 heterocycles. The Hall–Kier alpha value is -1.92. The van der Waals surface area contributed by atoms with Crippen LogP contribution in [-0.2, 0) is 11.8 Å². The third-order valence-electron chi connectivity index (χ3n) is 4.12. The highest BCUT2D eigenvalue weighted by Gasteiger charge is 2.30. The highest BCUT2D eigenvalue weighted by Crippen LogP contribution is 2.29. The van der Waals surface area contributed by atoms with Crippen LogP contribution in [0.4, 0.5) is 0 Å². The Bertz CT molecular complexity index is 665. The van der Waals surface area contributed by atoms with Gasteiger partial charge in [-0.1, -0.05) is 11.6 Å². The fourth-order valence-corrected chi connectivity index (χ4v) is 2.96. The van der Waals surface area contributed by atoms with Gasteiger partial charge in [-0.2, -0.15) is 0 Å². The molecule has 23 heavy (non-hydrogen) atoms. The summed E-state index contributed by atoms with van der Waals surface area (Å²) in [7, 11) is 1.93. The molecule has 0 aliphatic carbocycles. The zero-order valence-corrected chi connectivity index (χ0v) is 13.7. The van der Waals surface area contributed by atoms with Gasteiger partial charge in [-0.15, -0.1) is 0 Å². The minimum Gasteiger partial charge on any atom is -0.381 e. The summed E-state index contributed by atoms with van der Waals surface area (Å²) in [6.07, 6.45) is 6.89. The van der Waals surface area contributed by atoms with E-state index in [0.29, 0.717) is 29.8 Å². The molecule has 1 fully saturated rings. The molecule has 3 rings (SSSR count). The number of nitrogens with zero attached hydrogens (tertiary/aromatic N) is 3. The van der Waals surface area contributed by atoms with Gasteiger partial charge in [-0.3, -0.25) is 4.79 Å². The number of carbonyl (C=O) groups is 1. The Morgan fingerprint density at radius 1 is 1.39 bits per heavy atom. The third-order valence-corrected chi connectivity index (χ3v) is 4.34. The summed E-state index contributed by atoms with van der Waals surface area (Å²) in [6.45, 7) is 1.42. The first-order chi connectivity index (χ1) is 11.1. The smallest absolute Gasteiger partial charge is 0.270 e. The second-order valence-electron chi connectivity index (χ2n) is 5.66. The normalized spacial score (nSPS) is 17.0. The summed E-state index contributed by atoms with van der Waals surface area (Å²) in [5.74, 6) is 0.918. The number of pyridine rings is 1. The van der Waals surface area contributed by atoms with Crippen LogP contribution in [0.25, 0.3) is 0 Å². The quantitative estimate of drug-likeness (QED) is 0.932. The lowest BCUT2D eigenvalue weighted by atomic mass is 9.91. The van der Waals surface area contributed by atoms with E-state index in [-0.39, 0.29) is 11.9 Å². The maximum atomic E-state index is 12.5.